The fraction of sp³-hybridized carbons (Fsp3) is 0.412. The molecule has 0 atom stereocenters. The van der Waals surface area contributed by atoms with Gasteiger partial charge in [0, 0.05) is 43.9 Å². The van der Waals surface area contributed by atoms with Crippen LogP contribution in [-0.2, 0) is 17.9 Å². The normalized spacial score (nSPS) is 16.3. The minimum Gasteiger partial charge on any atom is -0.368 e. The van der Waals surface area contributed by atoms with Gasteiger partial charge in [-0.25, -0.2) is 4.98 Å². The topological polar surface area (TPSA) is 93.0 Å². The first-order chi connectivity index (χ1) is 12.4. The van der Waals surface area contributed by atoms with Gasteiger partial charge >= 0.3 is 0 Å². The highest BCUT2D eigenvalue weighted by Gasteiger charge is 2.21. The van der Waals surface area contributed by atoms with Crippen LogP contribution < -0.4 is 0 Å². The second kappa shape index (κ2) is 7.54. The van der Waals surface area contributed by atoms with Crippen molar-refractivity contribution < 1.29 is 9.26 Å². The first kappa shape index (κ1) is 15.9. The van der Waals surface area contributed by atoms with Crippen LogP contribution in [0, 0.1) is 0 Å². The molecule has 4 rings (SSSR count). The maximum atomic E-state index is 5.93. The average molecular weight is 340 g/mol. The number of rotatable bonds is 6. The summed E-state index contributed by atoms with van der Waals surface area (Å²) in [6.07, 6.45) is 9.02. The van der Waals surface area contributed by atoms with E-state index in [1.165, 1.54) is 5.69 Å². The van der Waals surface area contributed by atoms with E-state index in [9.17, 15) is 0 Å². The first-order valence-electron chi connectivity index (χ1n) is 8.42. The summed E-state index contributed by atoms with van der Waals surface area (Å²) >= 11 is 0. The molecule has 25 heavy (non-hydrogen) atoms. The van der Waals surface area contributed by atoms with Crippen molar-refractivity contribution in [2.24, 2.45) is 0 Å². The molecule has 130 valence electrons. The van der Waals surface area contributed by atoms with Crippen molar-refractivity contribution in [3.8, 4) is 11.5 Å². The number of likely N-dealkylation sites (tertiary alicyclic amines) is 1. The lowest BCUT2D eigenvalue weighted by Gasteiger charge is -2.31. The molecule has 0 aliphatic carbocycles. The van der Waals surface area contributed by atoms with Gasteiger partial charge in [-0.15, -0.1) is 0 Å². The summed E-state index contributed by atoms with van der Waals surface area (Å²) in [4.78, 5) is 18.1. The number of aromatic nitrogens is 5. The van der Waals surface area contributed by atoms with E-state index >= 15 is 0 Å². The molecule has 0 unspecified atom stereocenters. The smallest absolute Gasteiger partial charge is 0.253 e. The average Bonchev–Trinajstić information content (AvgIpc) is 3.34. The van der Waals surface area contributed by atoms with Gasteiger partial charge in [0.25, 0.3) is 5.89 Å². The molecule has 8 heteroatoms. The van der Waals surface area contributed by atoms with Crippen molar-refractivity contribution in [2.45, 2.75) is 32.1 Å². The standard InChI is InChI=1S/C17H20N6O2/c1-2-13(19-5-1)11-23-8-3-14(4-9-23)24-12-16-21-17(22-25-16)15-10-18-6-7-20-15/h1-2,5-7,10,14,19H,3-4,8-9,11-12H2. The van der Waals surface area contributed by atoms with Gasteiger partial charge in [0.15, 0.2) is 0 Å². The Labute approximate surface area is 145 Å². The van der Waals surface area contributed by atoms with E-state index in [-0.39, 0.29) is 6.10 Å². The molecule has 3 aromatic heterocycles. The van der Waals surface area contributed by atoms with Crippen LogP contribution in [0.15, 0.2) is 41.4 Å². The van der Waals surface area contributed by atoms with Crippen LogP contribution in [0.5, 0.6) is 0 Å². The minimum absolute atomic E-state index is 0.228. The van der Waals surface area contributed by atoms with E-state index in [0.29, 0.717) is 24.0 Å². The third-order valence-electron chi connectivity index (χ3n) is 4.29. The highest BCUT2D eigenvalue weighted by Crippen LogP contribution is 2.18. The van der Waals surface area contributed by atoms with Gasteiger partial charge in [-0.1, -0.05) is 5.16 Å². The fourth-order valence-electron chi connectivity index (χ4n) is 2.96. The SMILES string of the molecule is c1c[nH]c(CN2CCC(OCc3nc(-c4cnccn4)no3)CC2)c1. The molecule has 0 aromatic carbocycles. The summed E-state index contributed by atoms with van der Waals surface area (Å²) in [5.74, 6) is 0.905. The van der Waals surface area contributed by atoms with Crippen LogP contribution in [0.2, 0.25) is 0 Å². The Morgan fingerprint density at radius 2 is 2.20 bits per heavy atom. The quantitative estimate of drug-likeness (QED) is 0.734. The zero-order chi connectivity index (χ0) is 16.9. The minimum atomic E-state index is 0.228. The van der Waals surface area contributed by atoms with E-state index in [4.69, 9.17) is 9.26 Å². The third-order valence-corrected chi connectivity index (χ3v) is 4.29. The van der Waals surface area contributed by atoms with Gasteiger partial charge in [-0.3, -0.25) is 9.88 Å². The first-order valence-corrected chi connectivity index (χ1v) is 8.42. The molecule has 0 radical (unpaired) electrons. The number of hydrogen-bond donors (Lipinski definition) is 1. The van der Waals surface area contributed by atoms with Crippen LogP contribution in [0.3, 0.4) is 0 Å². The van der Waals surface area contributed by atoms with E-state index in [1.54, 1.807) is 18.6 Å². The molecule has 4 heterocycles. The molecule has 1 aliphatic heterocycles. The molecule has 1 fully saturated rings. The molecule has 0 saturated carbocycles. The molecule has 3 aromatic rings. The van der Waals surface area contributed by atoms with Crippen LogP contribution in [0.25, 0.3) is 11.5 Å². The van der Waals surface area contributed by atoms with Gasteiger partial charge in [-0.05, 0) is 25.0 Å². The molecule has 1 N–H and O–H groups in total. The van der Waals surface area contributed by atoms with Crippen LogP contribution in [0.1, 0.15) is 24.4 Å². The number of nitrogens with one attached hydrogen (secondary N) is 1. The van der Waals surface area contributed by atoms with Crippen LogP contribution in [0.4, 0.5) is 0 Å². The lowest BCUT2D eigenvalue weighted by atomic mass is 10.1. The Morgan fingerprint density at radius 1 is 1.28 bits per heavy atom. The molecular weight excluding hydrogens is 320 g/mol. The predicted octanol–water partition coefficient (Wildman–Crippen LogP) is 2.04. The number of aromatic amines is 1. The second-order valence-corrected chi connectivity index (χ2v) is 6.08. The Bertz CT molecular complexity index is 766. The lowest BCUT2D eigenvalue weighted by Crippen LogP contribution is -2.36. The summed E-state index contributed by atoms with van der Waals surface area (Å²) in [6, 6.07) is 4.15. The van der Waals surface area contributed by atoms with Crippen molar-refractivity contribution in [3.05, 3.63) is 48.5 Å². The highest BCUT2D eigenvalue weighted by atomic mass is 16.5. The van der Waals surface area contributed by atoms with Gasteiger partial charge in [0.1, 0.15) is 12.3 Å². The zero-order valence-corrected chi connectivity index (χ0v) is 13.8. The zero-order valence-electron chi connectivity index (χ0n) is 13.8. The van der Waals surface area contributed by atoms with Crippen molar-refractivity contribution in [1.82, 2.24) is 30.0 Å². The molecule has 0 spiro atoms. The Balaban J connectivity index is 1.24. The van der Waals surface area contributed by atoms with Gasteiger partial charge in [0.05, 0.1) is 12.3 Å². The van der Waals surface area contributed by atoms with E-state index in [2.05, 4.69) is 36.1 Å². The number of piperidine rings is 1. The number of nitrogens with zero attached hydrogens (tertiary/aromatic N) is 5. The maximum Gasteiger partial charge on any atom is 0.253 e. The molecular formula is C17H20N6O2. The monoisotopic (exact) mass is 340 g/mol. The van der Waals surface area contributed by atoms with E-state index < -0.39 is 0 Å². The summed E-state index contributed by atoms with van der Waals surface area (Å²) in [6.45, 7) is 3.34. The molecule has 1 saturated heterocycles. The van der Waals surface area contributed by atoms with Crippen molar-refractivity contribution in [3.63, 3.8) is 0 Å². The van der Waals surface area contributed by atoms with E-state index in [1.807, 2.05) is 12.3 Å². The third kappa shape index (κ3) is 4.09. The molecule has 1 aliphatic rings. The van der Waals surface area contributed by atoms with E-state index in [0.717, 1.165) is 32.5 Å². The number of ether oxygens (including phenoxy) is 1. The van der Waals surface area contributed by atoms with Crippen molar-refractivity contribution in [1.29, 1.82) is 0 Å². The lowest BCUT2D eigenvalue weighted by molar-refractivity contribution is -0.0138. The summed E-state index contributed by atoms with van der Waals surface area (Å²) in [5.41, 5.74) is 1.84. The van der Waals surface area contributed by atoms with Gasteiger partial charge < -0.3 is 14.2 Å². The van der Waals surface area contributed by atoms with Crippen LogP contribution in [-0.4, -0.2) is 49.2 Å². The van der Waals surface area contributed by atoms with Gasteiger partial charge in [0.2, 0.25) is 5.82 Å². The second-order valence-electron chi connectivity index (χ2n) is 6.08. The largest absolute Gasteiger partial charge is 0.368 e. The van der Waals surface area contributed by atoms with Crippen molar-refractivity contribution in [2.75, 3.05) is 13.1 Å². The molecule has 8 nitrogen and oxygen atoms in total. The van der Waals surface area contributed by atoms with Gasteiger partial charge in [-0.2, -0.15) is 4.98 Å². The molecule has 0 bridgehead atoms. The summed E-state index contributed by atoms with van der Waals surface area (Å²) < 4.78 is 11.2. The number of H-pyrrole nitrogens is 1. The predicted molar refractivity (Wildman–Crippen MR) is 89.2 cm³/mol. The maximum absolute atomic E-state index is 5.93. The summed E-state index contributed by atoms with van der Waals surface area (Å²) in [7, 11) is 0. The van der Waals surface area contributed by atoms with Crippen LogP contribution >= 0.6 is 0 Å². The summed E-state index contributed by atoms with van der Waals surface area (Å²) in [5, 5.41) is 3.92. The van der Waals surface area contributed by atoms with Crippen molar-refractivity contribution >= 4 is 0 Å². The Hall–Kier alpha value is -2.58. The Morgan fingerprint density at radius 3 is 2.96 bits per heavy atom. The highest BCUT2D eigenvalue weighted by molar-refractivity contribution is 5.45. The fourth-order valence-corrected chi connectivity index (χ4v) is 2.96. The number of hydrogen-bond acceptors (Lipinski definition) is 7. The Kier molecular flexibility index (Phi) is 4.80. The molecule has 0 amide bonds.